The summed E-state index contributed by atoms with van der Waals surface area (Å²) < 4.78 is 0. The summed E-state index contributed by atoms with van der Waals surface area (Å²) in [5.74, 6) is 0.198. The average molecular weight is 382 g/mol. The topological polar surface area (TPSA) is 49.3 Å². The van der Waals surface area contributed by atoms with Crippen LogP contribution in [0.4, 0.5) is 0 Å². The highest BCUT2D eigenvalue weighted by molar-refractivity contribution is 5.68. The summed E-state index contributed by atoms with van der Waals surface area (Å²) in [6, 6.07) is 0. The molecule has 0 aromatic heterocycles. The van der Waals surface area contributed by atoms with E-state index in [1.165, 1.54) is 96.3 Å². The van der Waals surface area contributed by atoms with Crippen molar-refractivity contribution in [3.8, 4) is 0 Å². The van der Waals surface area contributed by atoms with Gasteiger partial charge in [0.1, 0.15) is 0 Å². The van der Waals surface area contributed by atoms with Crippen LogP contribution in [0.15, 0.2) is 12.2 Å². The molecule has 0 spiro atoms. The number of allylic oxidation sites excluding steroid dienone is 2. The first-order valence-electron chi connectivity index (χ1n) is 11.8. The van der Waals surface area contributed by atoms with Crippen LogP contribution in [-0.2, 0) is 4.79 Å². The molecule has 0 bridgehead atoms. The summed E-state index contributed by atoms with van der Waals surface area (Å²) in [6.07, 6.45) is 25.9. The van der Waals surface area contributed by atoms with Gasteiger partial charge in [0.15, 0.2) is 0 Å². The standard InChI is InChI=1S/C24H47NO2/c1-3-23(4-2)20-18-16-14-12-10-8-6-5-7-9-11-13-15-17-19-21-25-22-24(26)27/h5-6,23,25H,3-4,7-22H2,1-2H3,(H,26,27)/b6-5-. The van der Waals surface area contributed by atoms with E-state index in [2.05, 4.69) is 31.3 Å². The van der Waals surface area contributed by atoms with Gasteiger partial charge in [0.25, 0.3) is 0 Å². The van der Waals surface area contributed by atoms with E-state index in [-0.39, 0.29) is 6.54 Å². The van der Waals surface area contributed by atoms with Crippen LogP contribution >= 0.6 is 0 Å². The molecule has 0 radical (unpaired) electrons. The molecule has 0 saturated carbocycles. The summed E-state index contributed by atoms with van der Waals surface area (Å²) >= 11 is 0. The largest absolute Gasteiger partial charge is 0.480 e. The van der Waals surface area contributed by atoms with Crippen molar-refractivity contribution in [3.63, 3.8) is 0 Å². The number of unbranched alkanes of at least 4 members (excludes halogenated alkanes) is 11. The first-order chi connectivity index (χ1) is 13.2. The van der Waals surface area contributed by atoms with Crippen molar-refractivity contribution in [2.75, 3.05) is 13.1 Å². The van der Waals surface area contributed by atoms with Gasteiger partial charge in [-0.25, -0.2) is 0 Å². The van der Waals surface area contributed by atoms with Crippen LogP contribution in [0.5, 0.6) is 0 Å². The highest BCUT2D eigenvalue weighted by atomic mass is 16.4. The highest BCUT2D eigenvalue weighted by Crippen LogP contribution is 2.17. The molecule has 0 unspecified atom stereocenters. The SMILES string of the molecule is CCC(CC)CCCCCCC/C=C\CCCCCCCCNCC(=O)O. The molecule has 0 aliphatic heterocycles. The molecule has 0 fully saturated rings. The van der Waals surface area contributed by atoms with Crippen molar-refractivity contribution in [2.24, 2.45) is 5.92 Å². The van der Waals surface area contributed by atoms with E-state index in [1.54, 1.807) is 0 Å². The third-order valence-electron chi connectivity index (χ3n) is 5.56. The lowest BCUT2D eigenvalue weighted by Crippen LogP contribution is -2.23. The van der Waals surface area contributed by atoms with Crippen LogP contribution in [0, 0.1) is 5.92 Å². The van der Waals surface area contributed by atoms with Crippen molar-refractivity contribution in [2.45, 2.75) is 117 Å². The van der Waals surface area contributed by atoms with Crippen molar-refractivity contribution < 1.29 is 9.90 Å². The Morgan fingerprint density at radius 1 is 0.778 bits per heavy atom. The number of carboxylic acids is 1. The molecule has 0 heterocycles. The molecule has 27 heavy (non-hydrogen) atoms. The Kier molecular flexibility index (Phi) is 20.8. The fraction of sp³-hybridized carbons (Fsp3) is 0.875. The fourth-order valence-electron chi connectivity index (χ4n) is 3.57. The van der Waals surface area contributed by atoms with Crippen LogP contribution in [0.3, 0.4) is 0 Å². The zero-order valence-corrected chi connectivity index (χ0v) is 18.3. The van der Waals surface area contributed by atoms with Gasteiger partial charge < -0.3 is 10.4 Å². The Balaban J connectivity index is 3.16. The monoisotopic (exact) mass is 381 g/mol. The molecule has 0 rings (SSSR count). The Bertz CT molecular complexity index is 337. The number of rotatable bonds is 21. The van der Waals surface area contributed by atoms with Crippen molar-refractivity contribution >= 4 is 5.97 Å². The molecule has 160 valence electrons. The second-order valence-corrected chi connectivity index (χ2v) is 7.98. The molecule has 3 heteroatoms. The molecule has 0 aromatic carbocycles. The first-order valence-corrected chi connectivity index (χ1v) is 11.8. The molecule has 0 aliphatic carbocycles. The smallest absolute Gasteiger partial charge is 0.317 e. The van der Waals surface area contributed by atoms with E-state index in [4.69, 9.17) is 5.11 Å². The Morgan fingerprint density at radius 3 is 1.78 bits per heavy atom. The van der Waals surface area contributed by atoms with Crippen molar-refractivity contribution in [1.29, 1.82) is 0 Å². The molecule has 0 aromatic rings. The second kappa shape index (κ2) is 21.5. The Labute approximate surface area is 169 Å². The Hall–Kier alpha value is -0.830. The third-order valence-corrected chi connectivity index (χ3v) is 5.56. The normalized spacial score (nSPS) is 11.7. The van der Waals surface area contributed by atoms with Gasteiger partial charge in [0, 0.05) is 0 Å². The van der Waals surface area contributed by atoms with Gasteiger partial charge >= 0.3 is 5.97 Å². The average Bonchev–Trinajstić information content (AvgIpc) is 2.66. The summed E-state index contributed by atoms with van der Waals surface area (Å²) in [5.41, 5.74) is 0. The molecule has 0 amide bonds. The van der Waals surface area contributed by atoms with E-state index in [0.29, 0.717) is 0 Å². The first kappa shape index (κ1) is 26.2. The van der Waals surface area contributed by atoms with Gasteiger partial charge in [-0.3, -0.25) is 4.79 Å². The predicted octanol–water partition coefficient (Wildman–Crippen LogP) is 7.11. The van der Waals surface area contributed by atoms with Gasteiger partial charge in [0.2, 0.25) is 0 Å². The van der Waals surface area contributed by atoms with Crippen molar-refractivity contribution in [3.05, 3.63) is 12.2 Å². The maximum Gasteiger partial charge on any atom is 0.317 e. The van der Waals surface area contributed by atoms with Crippen LogP contribution in [-0.4, -0.2) is 24.2 Å². The Morgan fingerprint density at radius 2 is 1.26 bits per heavy atom. The number of hydrogen-bond acceptors (Lipinski definition) is 2. The molecule has 0 aliphatic rings. The van der Waals surface area contributed by atoms with E-state index >= 15 is 0 Å². The van der Waals surface area contributed by atoms with Crippen molar-refractivity contribution in [1.82, 2.24) is 5.32 Å². The van der Waals surface area contributed by atoms with E-state index in [9.17, 15) is 4.79 Å². The second-order valence-electron chi connectivity index (χ2n) is 7.98. The van der Waals surface area contributed by atoms with Crippen LogP contribution < -0.4 is 5.32 Å². The minimum Gasteiger partial charge on any atom is -0.480 e. The minimum absolute atomic E-state index is 0.0880. The number of nitrogens with one attached hydrogen (secondary N) is 1. The van der Waals surface area contributed by atoms with Crippen LogP contribution in [0.1, 0.15) is 117 Å². The summed E-state index contributed by atoms with van der Waals surface area (Å²) in [6.45, 7) is 5.56. The van der Waals surface area contributed by atoms with Gasteiger partial charge in [-0.15, -0.1) is 0 Å². The minimum atomic E-state index is -0.768. The quantitative estimate of drug-likeness (QED) is 0.164. The van der Waals surface area contributed by atoms with Crippen LogP contribution in [0.2, 0.25) is 0 Å². The maximum atomic E-state index is 10.3. The summed E-state index contributed by atoms with van der Waals surface area (Å²) in [5, 5.41) is 11.4. The molecule has 2 N–H and O–H groups in total. The van der Waals surface area contributed by atoms with Gasteiger partial charge in [0.05, 0.1) is 6.54 Å². The number of aliphatic carboxylic acids is 1. The molecular formula is C24H47NO2. The number of carboxylic acid groups (broad SMARTS) is 1. The lowest BCUT2D eigenvalue weighted by Gasteiger charge is -2.11. The van der Waals surface area contributed by atoms with Crippen LogP contribution in [0.25, 0.3) is 0 Å². The fourth-order valence-corrected chi connectivity index (χ4v) is 3.57. The molecule has 0 saturated heterocycles. The lowest BCUT2D eigenvalue weighted by atomic mass is 9.96. The molecule has 0 atom stereocenters. The zero-order valence-electron chi connectivity index (χ0n) is 18.3. The lowest BCUT2D eigenvalue weighted by molar-refractivity contribution is -0.135. The molecular weight excluding hydrogens is 334 g/mol. The maximum absolute atomic E-state index is 10.3. The predicted molar refractivity (Wildman–Crippen MR) is 118 cm³/mol. The molecule has 3 nitrogen and oxygen atoms in total. The van der Waals surface area contributed by atoms with Gasteiger partial charge in [-0.2, -0.15) is 0 Å². The summed E-state index contributed by atoms with van der Waals surface area (Å²) in [7, 11) is 0. The summed E-state index contributed by atoms with van der Waals surface area (Å²) in [4.78, 5) is 10.3. The van der Waals surface area contributed by atoms with Gasteiger partial charge in [-0.05, 0) is 44.6 Å². The third kappa shape index (κ3) is 21.3. The van der Waals surface area contributed by atoms with E-state index in [1.807, 2.05) is 0 Å². The number of hydrogen-bond donors (Lipinski definition) is 2. The van der Waals surface area contributed by atoms with Gasteiger partial charge in [-0.1, -0.05) is 96.6 Å². The number of carbonyl (C=O) groups is 1. The van der Waals surface area contributed by atoms with E-state index < -0.39 is 5.97 Å². The highest BCUT2D eigenvalue weighted by Gasteiger charge is 2.02. The zero-order chi connectivity index (χ0) is 20.0. The van der Waals surface area contributed by atoms with E-state index in [0.717, 1.165) is 18.9 Å².